The molecule has 10 rings (SSSR count). The van der Waals surface area contributed by atoms with E-state index in [1.807, 2.05) is 11.8 Å². The molecule has 1 aliphatic heterocycles. The zero-order chi connectivity index (χ0) is 32.3. The highest BCUT2D eigenvalue weighted by molar-refractivity contribution is 7.99. The van der Waals surface area contributed by atoms with Gasteiger partial charge >= 0.3 is 0 Å². The first-order chi connectivity index (χ1) is 24.3. The van der Waals surface area contributed by atoms with Crippen molar-refractivity contribution >= 4 is 44.1 Å². The fourth-order valence-electron chi connectivity index (χ4n) is 7.96. The molecule has 0 unspecified atom stereocenters. The fraction of sp³-hybridized carbons (Fsp3) is 0. The minimum atomic E-state index is 1.23. The molecule has 0 aromatic heterocycles. The smallest absolute Gasteiger partial charge is 0.0201 e. The van der Waals surface area contributed by atoms with E-state index in [4.69, 9.17) is 0 Å². The molecule has 0 saturated carbocycles. The summed E-state index contributed by atoms with van der Waals surface area (Å²) in [4.78, 5) is 2.58. The van der Waals surface area contributed by atoms with Crippen LogP contribution in [0.3, 0.4) is 0 Å². The van der Waals surface area contributed by atoms with Crippen LogP contribution >= 0.6 is 11.8 Å². The SMILES string of the molecule is c1ccc(-c2cccc(-c3c4ccccc4c(-c4ccc5c6c(cccc46)-c4ccccc4Sc4ccccc4-5)c4ccccc34)c2)cc1. The van der Waals surface area contributed by atoms with E-state index in [9.17, 15) is 0 Å². The summed E-state index contributed by atoms with van der Waals surface area (Å²) in [6.07, 6.45) is 0. The Hall–Kier alpha value is -5.89. The van der Waals surface area contributed by atoms with Gasteiger partial charge in [0.2, 0.25) is 0 Å². The Morgan fingerprint density at radius 3 is 1.39 bits per heavy atom. The zero-order valence-electron chi connectivity index (χ0n) is 26.7. The second-order valence-corrected chi connectivity index (χ2v) is 13.9. The maximum atomic E-state index is 2.38. The van der Waals surface area contributed by atoms with E-state index in [1.54, 1.807) is 0 Å². The van der Waals surface area contributed by atoms with Gasteiger partial charge in [-0.3, -0.25) is 0 Å². The van der Waals surface area contributed by atoms with E-state index < -0.39 is 0 Å². The second-order valence-electron chi connectivity index (χ2n) is 12.8. The van der Waals surface area contributed by atoms with Gasteiger partial charge in [-0.05, 0) is 106 Å². The molecule has 0 atom stereocenters. The van der Waals surface area contributed by atoms with Gasteiger partial charge in [-0.1, -0.05) is 176 Å². The van der Waals surface area contributed by atoms with Gasteiger partial charge < -0.3 is 0 Å². The first kappa shape index (κ1) is 28.2. The monoisotopic (exact) mass is 638 g/mol. The summed E-state index contributed by atoms with van der Waals surface area (Å²) in [7, 11) is 0. The van der Waals surface area contributed by atoms with Crippen molar-refractivity contribution in [2.75, 3.05) is 0 Å². The number of hydrogen-bond acceptors (Lipinski definition) is 1. The van der Waals surface area contributed by atoms with Crippen LogP contribution in [0.5, 0.6) is 0 Å². The highest BCUT2D eigenvalue weighted by Gasteiger charge is 2.23. The molecular weight excluding hydrogens is 609 g/mol. The molecule has 0 amide bonds. The standard InChI is InChI=1S/C48H30S/c1-2-14-31(15-3-1)32-16-12-17-33(30-32)46-37-20-4-6-22-39(37)48(40-23-7-5-21-38(40)46)43-29-28-42-35-19-9-11-27-45(35)49-44-26-10-8-18-34(44)36-24-13-25-41(43)47(36)42/h1-30H. The lowest BCUT2D eigenvalue weighted by Gasteiger charge is -2.23. The summed E-state index contributed by atoms with van der Waals surface area (Å²) >= 11 is 1.87. The minimum absolute atomic E-state index is 1.23. The van der Waals surface area contributed by atoms with E-state index in [2.05, 4.69) is 182 Å². The van der Waals surface area contributed by atoms with Crippen molar-refractivity contribution < 1.29 is 0 Å². The molecule has 0 fully saturated rings. The molecule has 49 heavy (non-hydrogen) atoms. The predicted octanol–water partition coefficient (Wildman–Crippen LogP) is 13.9. The first-order valence-electron chi connectivity index (χ1n) is 16.9. The van der Waals surface area contributed by atoms with Crippen LogP contribution in [0.2, 0.25) is 0 Å². The van der Waals surface area contributed by atoms with Crippen molar-refractivity contribution in [1.82, 2.24) is 0 Å². The Kier molecular flexibility index (Phi) is 6.53. The maximum absolute atomic E-state index is 2.38. The Balaban J connectivity index is 1.31. The summed E-state index contributed by atoms with van der Waals surface area (Å²) in [5.74, 6) is 0. The summed E-state index contributed by atoms with van der Waals surface area (Å²) in [6, 6.07) is 67.1. The van der Waals surface area contributed by atoms with E-state index in [-0.39, 0.29) is 0 Å². The molecule has 9 aromatic rings. The average molecular weight is 639 g/mol. The highest BCUT2D eigenvalue weighted by Crippen LogP contribution is 2.51. The molecular formula is C48H30S. The van der Waals surface area contributed by atoms with Crippen LogP contribution < -0.4 is 0 Å². The van der Waals surface area contributed by atoms with Crippen molar-refractivity contribution in [3.8, 4) is 55.6 Å². The summed E-state index contributed by atoms with van der Waals surface area (Å²) in [5.41, 5.74) is 12.7. The maximum Gasteiger partial charge on any atom is 0.0201 e. The van der Waals surface area contributed by atoms with Gasteiger partial charge in [0.25, 0.3) is 0 Å². The number of hydrogen-bond donors (Lipinski definition) is 0. The molecule has 1 heterocycles. The van der Waals surface area contributed by atoms with Crippen LogP contribution in [0.4, 0.5) is 0 Å². The third kappa shape index (κ3) is 4.47. The van der Waals surface area contributed by atoms with E-state index in [1.165, 1.54) is 97.7 Å². The third-order valence-electron chi connectivity index (χ3n) is 10.1. The van der Waals surface area contributed by atoms with Crippen LogP contribution in [-0.2, 0) is 0 Å². The van der Waals surface area contributed by atoms with Gasteiger partial charge in [0, 0.05) is 9.79 Å². The van der Waals surface area contributed by atoms with Crippen molar-refractivity contribution in [2.45, 2.75) is 9.79 Å². The second kappa shape index (κ2) is 11.4. The van der Waals surface area contributed by atoms with Gasteiger partial charge in [-0.25, -0.2) is 0 Å². The lowest BCUT2D eigenvalue weighted by Crippen LogP contribution is -1.96. The summed E-state index contributed by atoms with van der Waals surface area (Å²) in [5, 5.41) is 7.66. The molecule has 0 nitrogen and oxygen atoms in total. The Bertz CT molecular complexity index is 2630. The van der Waals surface area contributed by atoms with Gasteiger partial charge in [-0.2, -0.15) is 0 Å². The molecule has 0 aliphatic carbocycles. The third-order valence-corrected chi connectivity index (χ3v) is 11.2. The molecule has 228 valence electrons. The zero-order valence-corrected chi connectivity index (χ0v) is 27.5. The fourth-order valence-corrected chi connectivity index (χ4v) is 9.07. The minimum Gasteiger partial charge on any atom is -0.0888 e. The number of benzene rings is 9. The van der Waals surface area contributed by atoms with Gasteiger partial charge in [0.05, 0.1) is 0 Å². The Labute approximate surface area is 290 Å². The molecule has 0 spiro atoms. The van der Waals surface area contributed by atoms with Crippen molar-refractivity contribution in [1.29, 1.82) is 0 Å². The van der Waals surface area contributed by atoms with Crippen LogP contribution in [0.1, 0.15) is 0 Å². The first-order valence-corrected chi connectivity index (χ1v) is 17.7. The van der Waals surface area contributed by atoms with Crippen molar-refractivity contribution in [2.24, 2.45) is 0 Å². The Morgan fingerprint density at radius 1 is 0.265 bits per heavy atom. The average Bonchev–Trinajstić information content (AvgIpc) is 3.17. The van der Waals surface area contributed by atoms with Crippen LogP contribution in [-0.4, -0.2) is 0 Å². The lowest BCUT2D eigenvalue weighted by molar-refractivity contribution is 1.39. The van der Waals surface area contributed by atoms with Crippen LogP contribution in [0.15, 0.2) is 192 Å². The van der Waals surface area contributed by atoms with Crippen LogP contribution in [0.25, 0.3) is 88.0 Å². The topological polar surface area (TPSA) is 0 Å². The Morgan fingerprint density at radius 2 is 0.714 bits per heavy atom. The van der Waals surface area contributed by atoms with Crippen LogP contribution in [0, 0.1) is 0 Å². The molecule has 0 saturated heterocycles. The predicted molar refractivity (Wildman–Crippen MR) is 210 cm³/mol. The molecule has 0 radical (unpaired) electrons. The number of rotatable bonds is 3. The molecule has 0 bridgehead atoms. The molecule has 1 heteroatoms. The largest absolute Gasteiger partial charge is 0.0888 e. The van der Waals surface area contributed by atoms with Gasteiger partial charge in [-0.15, -0.1) is 0 Å². The quantitative estimate of drug-likeness (QED) is 0.174. The summed E-state index contributed by atoms with van der Waals surface area (Å²) in [6.45, 7) is 0. The number of fused-ring (bicyclic) bond motifs is 6. The normalized spacial score (nSPS) is 12.0. The van der Waals surface area contributed by atoms with E-state index in [0.29, 0.717) is 0 Å². The lowest BCUT2D eigenvalue weighted by atomic mass is 9.82. The summed E-state index contributed by atoms with van der Waals surface area (Å²) < 4.78 is 0. The van der Waals surface area contributed by atoms with Crippen molar-refractivity contribution in [3.05, 3.63) is 182 Å². The van der Waals surface area contributed by atoms with Gasteiger partial charge in [0.15, 0.2) is 0 Å². The molecule has 9 aromatic carbocycles. The van der Waals surface area contributed by atoms with Gasteiger partial charge in [0.1, 0.15) is 0 Å². The molecule has 0 N–H and O–H groups in total. The highest BCUT2D eigenvalue weighted by atomic mass is 32.2. The van der Waals surface area contributed by atoms with Crippen molar-refractivity contribution in [3.63, 3.8) is 0 Å². The van der Waals surface area contributed by atoms with E-state index >= 15 is 0 Å². The van der Waals surface area contributed by atoms with E-state index in [0.717, 1.165) is 0 Å². The molecule has 1 aliphatic rings.